The summed E-state index contributed by atoms with van der Waals surface area (Å²) in [5.74, 6) is -0.130. The molecule has 0 heterocycles. The fraction of sp³-hybridized carbons (Fsp3) is 0.417. The van der Waals surface area contributed by atoms with E-state index in [0.29, 0.717) is 5.02 Å². The third-order valence-electron chi connectivity index (χ3n) is 2.43. The molecular formula is C12H16ClNO2. The second-order valence-electron chi connectivity index (χ2n) is 3.66. The zero-order chi connectivity index (χ0) is 12.1. The molecule has 2 atom stereocenters. The second kappa shape index (κ2) is 5.87. The molecule has 0 spiro atoms. The number of halogens is 1. The summed E-state index contributed by atoms with van der Waals surface area (Å²) in [5, 5.41) is 3.52. The summed E-state index contributed by atoms with van der Waals surface area (Å²) in [6, 6.07) is 7.35. The number of methoxy groups -OCH3 is 1. The molecule has 0 saturated heterocycles. The fourth-order valence-corrected chi connectivity index (χ4v) is 1.50. The highest BCUT2D eigenvalue weighted by atomic mass is 35.5. The first-order valence-corrected chi connectivity index (χ1v) is 5.51. The molecule has 0 saturated carbocycles. The van der Waals surface area contributed by atoms with Crippen molar-refractivity contribution >= 4 is 17.5 Å². The summed E-state index contributed by atoms with van der Waals surface area (Å²) in [6.45, 7) is 3.62. The largest absolute Gasteiger partial charge is 0.372 e. The first kappa shape index (κ1) is 13.0. The van der Waals surface area contributed by atoms with E-state index in [1.54, 1.807) is 13.0 Å². The Kier molecular flexibility index (Phi) is 4.77. The van der Waals surface area contributed by atoms with Crippen LogP contribution in [0.1, 0.15) is 25.5 Å². The van der Waals surface area contributed by atoms with Crippen LogP contribution in [0.15, 0.2) is 24.3 Å². The molecule has 0 aliphatic carbocycles. The van der Waals surface area contributed by atoms with Crippen molar-refractivity contribution in [2.45, 2.75) is 26.0 Å². The van der Waals surface area contributed by atoms with Crippen molar-refractivity contribution in [2.24, 2.45) is 0 Å². The van der Waals surface area contributed by atoms with Gasteiger partial charge in [0.15, 0.2) is 0 Å². The minimum absolute atomic E-state index is 0.0798. The van der Waals surface area contributed by atoms with Gasteiger partial charge in [-0.2, -0.15) is 0 Å². The first-order chi connectivity index (χ1) is 7.54. The van der Waals surface area contributed by atoms with Crippen LogP contribution >= 0.6 is 11.6 Å². The number of hydrogen-bond donors (Lipinski definition) is 1. The Hall–Kier alpha value is -1.06. The van der Waals surface area contributed by atoms with Gasteiger partial charge in [0, 0.05) is 12.1 Å². The monoisotopic (exact) mass is 241 g/mol. The lowest BCUT2D eigenvalue weighted by Crippen LogP contribution is -2.35. The van der Waals surface area contributed by atoms with Crippen molar-refractivity contribution in [1.82, 2.24) is 5.32 Å². The average molecular weight is 242 g/mol. The maximum Gasteiger partial charge on any atom is 0.249 e. The fourth-order valence-electron chi connectivity index (χ4n) is 1.30. The van der Waals surface area contributed by atoms with Gasteiger partial charge in [0.05, 0.1) is 6.04 Å². The maximum atomic E-state index is 11.6. The number of nitrogens with one attached hydrogen (secondary N) is 1. The van der Waals surface area contributed by atoms with Crippen molar-refractivity contribution in [2.75, 3.05) is 7.11 Å². The molecule has 16 heavy (non-hydrogen) atoms. The molecule has 0 aliphatic heterocycles. The van der Waals surface area contributed by atoms with Gasteiger partial charge >= 0.3 is 0 Å². The van der Waals surface area contributed by atoms with E-state index in [9.17, 15) is 4.79 Å². The van der Waals surface area contributed by atoms with Gasteiger partial charge in [0.25, 0.3) is 0 Å². The van der Waals surface area contributed by atoms with E-state index in [1.165, 1.54) is 7.11 Å². The Bertz CT molecular complexity index is 368. The van der Waals surface area contributed by atoms with Gasteiger partial charge in [-0.15, -0.1) is 0 Å². The van der Waals surface area contributed by atoms with Gasteiger partial charge < -0.3 is 10.1 Å². The van der Waals surface area contributed by atoms with Crippen LogP contribution in [-0.2, 0) is 9.53 Å². The summed E-state index contributed by atoms with van der Waals surface area (Å²) in [6.07, 6.45) is -0.443. The number of carbonyl (C=O) groups excluding carboxylic acids is 1. The highest BCUT2D eigenvalue weighted by Gasteiger charge is 2.15. The normalized spacial score (nSPS) is 14.2. The van der Waals surface area contributed by atoms with Crippen LogP contribution in [0.25, 0.3) is 0 Å². The molecule has 1 unspecified atom stereocenters. The van der Waals surface area contributed by atoms with Crippen molar-refractivity contribution in [3.63, 3.8) is 0 Å². The summed E-state index contributed by atoms with van der Waals surface area (Å²) < 4.78 is 4.93. The van der Waals surface area contributed by atoms with Gasteiger partial charge in [-0.25, -0.2) is 0 Å². The number of amides is 1. The number of benzene rings is 1. The second-order valence-corrected chi connectivity index (χ2v) is 4.10. The van der Waals surface area contributed by atoms with Gasteiger partial charge in [-0.3, -0.25) is 4.79 Å². The summed E-state index contributed by atoms with van der Waals surface area (Å²) >= 11 is 5.88. The van der Waals surface area contributed by atoms with Crippen LogP contribution in [0.2, 0.25) is 5.02 Å². The molecule has 0 radical (unpaired) electrons. The maximum absolute atomic E-state index is 11.6. The molecule has 1 aromatic carbocycles. The minimum Gasteiger partial charge on any atom is -0.372 e. The van der Waals surface area contributed by atoms with E-state index in [4.69, 9.17) is 16.3 Å². The van der Waals surface area contributed by atoms with E-state index in [0.717, 1.165) is 5.56 Å². The Morgan fingerprint density at radius 2 is 2.12 bits per heavy atom. The molecule has 1 aromatic rings. The molecule has 0 bridgehead atoms. The summed E-state index contributed by atoms with van der Waals surface area (Å²) in [4.78, 5) is 11.6. The molecule has 0 fully saturated rings. The molecule has 1 rings (SSSR count). The standard InChI is InChI=1S/C12H16ClNO2/c1-8(14-12(15)9(2)16-3)10-5-4-6-11(13)7-10/h4-9H,1-3H3,(H,14,15)/t8-,9?/m1/s1. The third-order valence-corrected chi connectivity index (χ3v) is 2.67. The van der Waals surface area contributed by atoms with Gasteiger partial charge in [-0.1, -0.05) is 23.7 Å². The molecule has 1 amide bonds. The highest BCUT2D eigenvalue weighted by molar-refractivity contribution is 6.30. The van der Waals surface area contributed by atoms with E-state index >= 15 is 0 Å². The van der Waals surface area contributed by atoms with Gasteiger partial charge in [-0.05, 0) is 31.5 Å². The van der Waals surface area contributed by atoms with Crippen LogP contribution < -0.4 is 5.32 Å². The molecule has 4 heteroatoms. The predicted molar refractivity (Wildman–Crippen MR) is 64.5 cm³/mol. The number of hydrogen-bond acceptors (Lipinski definition) is 2. The van der Waals surface area contributed by atoms with Gasteiger partial charge in [0.1, 0.15) is 6.10 Å². The smallest absolute Gasteiger partial charge is 0.249 e. The Balaban J connectivity index is 2.65. The van der Waals surface area contributed by atoms with Crippen LogP contribution in [-0.4, -0.2) is 19.1 Å². The number of rotatable bonds is 4. The average Bonchev–Trinajstić information content (AvgIpc) is 2.27. The van der Waals surface area contributed by atoms with Crippen molar-refractivity contribution in [3.05, 3.63) is 34.9 Å². The van der Waals surface area contributed by atoms with Crippen LogP contribution in [0.5, 0.6) is 0 Å². The van der Waals surface area contributed by atoms with Crippen molar-refractivity contribution in [1.29, 1.82) is 0 Å². The minimum atomic E-state index is -0.443. The summed E-state index contributed by atoms with van der Waals surface area (Å²) in [7, 11) is 1.51. The Morgan fingerprint density at radius 1 is 1.44 bits per heavy atom. The van der Waals surface area contributed by atoms with E-state index in [2.05, 4.69) is 5.32 Å². The zero-order valence-electron chi connectivity index (χ0n) is 9.66. The van der Waals surface area contributed by atoms with E-state index in [1.807, 2.05) is 25.1 Å². The molecule has 88 valence electrons. The first-order valence-electron chi connectivity index (χ1n) is 5.13. The van der Waals surface area contributed by atoms with Crippen molar-refractivity contribution in [3.8, 4) is 0 Å². The van der Waals surface area contributed by atoms with Crippen LogP contribution in [0.4, 0.5) is 0 Å². The topological polar surface area (TPSA) is 38.3 Å². The molecular weight excluding hydrogens is 226 g/mol. The molecule has 3 nitrogen and oxygen atoms in total. The van der Waals surface area contributed by atoms with E-state index < -0.39 is 6.10 Å². The van der Waals surface area contributed by atoms with Crippen LogP contribution in [0, 0.1) is 0 Å². The zero-order valence-corrected chi connectivity index (χ0v) is 10.4. The lowest BCUT2D eigenvalue weighted by molar-refractivity contribution is -0.130. The van der Waals surface area contributed by atoms with Crippen LogP contribution in [0.3, 0.4) is 0 Å². The lowest BCUT2D eigenvalue weighted by Gasteiger charge is -2.17. The van der Waals surface area contributed by atoms with Gasteiger partial charge in [0.2, 0.25) is 5.91 Å². The number of carbonyl (C=O) groups is 1. The molecule has 0 aromatic heterocycles. The Morgan fingerprint density at radius 3 is 2.69 bits per heavy atom. The third kappa shape index (κ3) is 3.51. The highest BCUT2D eigenvalue weighted by Crippen LogP contribution is 2.17. The Labute approximate surface area is 101 Å². The molecule has 0 aliphatic rings. The lowest BCUT2D eigenvalue weighted by atomic mass is 10.1. The quantitative estimate of drug-likeness (QED) is 0.880. The predicted octanol–water partition coefficient (Wildman–Crippen LogP) is 2.55. The SMILES string of the molecule is COC(C)C(=O)N[C@H](C)c1cccc(Cl)c1. The van der Waals surface area contributed by atoms with Crippen molar-refractivity contribution < 1.29 is 9.53 Å². The number of ether oxygens (including phenoxy) is 1. The molecule has 1 N–H and O–H groups in total. The van der Waals surface area contributed by atoms with E-state index in [-0.39, 0.29) is 11.9 Å². The summed E-state index contributed by atoms with van der Waals surface area (Å²) in [5.41, 5.74) is 0.976.